The molecule has 4 aromatic rings. The van der Waals surface area contributed by atoms with Crippen LogP contribution in [-0.2, 0) is 17.8 Å². The Balaban J connectivity index is 1.40. The van der Waals surface area contributed by atoms with E-state index in [1.165, 1.54) is 12.3 Å². The SMILES string of the molecule is O=C(CCc1ncc(-c2ccccc2F)o1)NN(Cc1ccccc1)c1ccccc1. The van der Waals surface area contributed by atoms with E-state index >= 15 is 0 Å². The van der Waals surface area contributed by atoms with Gasteiger partial charge in [-0.15, -0.1) is 0 Å². The fraction of sp³-hybridized carbons (Fsp3) is 0.120. The minimum absolute atomic E-state index is 0.162. The predicted molar refractivity (Wildman–Crippen MR) is 117 cm³/mol. The summed E-state index contributed by atoms with van der Waals surface area (Å²) in [5, 5.41) is 1.82. The Morgan fingerprint density at radius 3 is 2.35 bits per heavy atom. The van der Waals surface area contributed by atoms with Gasteiger partial charge in [-0.05, 0) is 29.8 Å². The van der Waals surface area contributed by atoms with Gasteiger partial charge < -0.3 is 4.42 Å². The van der Waals surface area contributed by atoms with Crippen molar-refractivity contribution in [3.8, 4) is 11.3 Å². The summed E-state index contributed by atoms with van der Waals surface area (Å²) in [6, 6.07) is 26.0. The molecule has 4 rings (SSSR count). The van der Waals surface area contributed by atoms with Gasteiger partial charge in [0.15, 0.2) is 11.7 Å². The molecule has 0 aliphatic heterocycles. The molecule has 0 spiro atoms. The summed E-state index contributed by atoms with van der Waals surface area (Å²) >= 11 is 0. The van der Waals surface area contributed by atoms with Crippen LogP contribution >= 0.6 is 0 Å². The van der Waals surface area contributed by atoms with Crippen molar-refractivity contribution in [1.29, 1.82) is 0 Å². The number of nitrogens with zero attached hydrogens (tertiary/aromatic N) is 2. The van der Waals surface area contributed by atoms with Gasteiger partial charge in [0.25, 0.3) is 0 Å². The normalized spacial score (nSPS) is 10.6. The number of amides is 1. The molecule has 0 aliphatic rings. The Labute approximate surface area is 180 Å². The number of nitrogens with one attached hydrogen (secondary N) is 1. The van der Waals surface area contributed by atoms with Crippen LogP contribution in [0.15, 0.2) is 95.5 Å². The van der Waals surface area contributed by atoms with Gasteiger partial charge in [0.1, 0.15) is 5.82 Å². The molecule has 156 valence electrons. The van der Waals surface area contributed by atoms with Crippen LogP contribution in [0.5, 0.6) is 0 Å². The summed E-state index contributed by atoms with van der Waals surface area (Å²) in [6.07, 6.45) is 1.99. The molecule has 3 aromatic carbocycles. The second-order valence-electron chi connectivity index (χ2n) is 7.04. The number of aryl methyl sites for hydroxylation is 1. The molecular weight excluding hydrogens is 393 g/mol. The van der Waals surface area contributed by atoms with E-state index in [1.807, 2.05) is 65.7 Å². The predicted octanol–water partition coefficient (Wildman–Crippen LogP) is 5.15. The highest BCUT2D eigenvalue weighted by molar-refractivity contribution is 5.78. The fourth-order valence-corrected chi connectivity index (χ4v) is 3.21. The van der Waals surface area contributed by atoms with Crippen LogP contribution in [-0.4, -0.2) is 10.9 Å². The molecule has 0 unspecified atom stereocenters. The second-order valence-corrected chi connectivity index (χ2v) is 7.04. The lowest BCUT2D eigenvalue weighted by molar-refractivity contribution is -0.121. The van der Waals surface area contributed by atoms with E-state index in [4.69, 9.17) is 4.42 Å². The van der Waals surface area contributed by atoms with Crippen LogP contribution in [0.4, 0.5) is 10.1 Å². The number of oxazole rings is 1. The van der Waals surface area contributed by atoms with Crippen LogP contribution in [0.25, 0.3) is 11.3 Å². The number of para-hydroxylation sites is 1. The van der Waals surface area contributed by atoms with E-state index in [0.29, 0.717) is 30.2 Å². The molecule has 0 radical (unpaired) electrons. The third-order valence-electron chi connectivity index (χ3n) is 4.77. The molecule has 1 heterocycles. The monoisotopic (exact) mass is 415 g/mol. The highest BCUT2D eigenvalue weighted by Crippen LogP contribution is 2.23. The first kappa shape index (κ1) is 20.3. The van der Waals surface area contributed by atoms with Gasteiger partial charge in [0.05, 0.1) is 24.0 Å². The number of halogens is 1. The molecule has 0 saturated carbocycles. The zero-order valence-electron chi connectivity index (χ0n) is 16.9. The van der Waals surface area contributed by atoms with Crippen LogP contribution < -0.4 is 10.4 Å². The second kappa shape index (κ2) is 9.71. The lowest BCUT2D eigenvalue weighted by atomic mass is 10.2. The lowest BCUT2D eigenvalue weighted by Gasteiger charge is -2.25. The number of hydrazine groups is 1. The van der Waals surface area contributed by atoms with Crippen LogP contribution in [0.1, 0.15) is 17.9 Å². The summed E-state index contributed by atoms with van der Waals surface area (Å²) < 4.78 is 19.6. The van der Waals surface area contributed by atoms with E-state index in [0.717, 1.165) is 11.3 Å². The first-order chi connectivity index (χ1) is 15.2. The Hall–Kier alpha value is -3.93. The van der Waals surface area contributed by atoms with E-state index in [1.54, 1.807) is 18.2 Å². The van der Waals surface area contributed by atoms with Crippen molar-refractivity contribution in [3.63, 3.8) is 0 Å². The fourth-order valence-electron chi connectivity index (χ4n) is 3.21. The Morgan fingerprint density at radius 1 is 0.935 bits per heavy atom. The molecule has 1 aromatic heterocycles. The number of benzene rings is 3. The molecule has 1 amide bonds. The first-order valence-corrected chi connectivity index (χ1v) is 10.0. The highest BCUT2D eigenvalue weighted by Gasteiger charge is 2.14. The molecule has 0 atom stereocenters. The van der Waals surface area contributed by atoms with Crippen molar-refractivity contribution in [2.75, 3.05) is 5.01 Å². The molecule has 0 saturated heterocycles. The van der Waals surface area contributed by atoms with Crippen LogP contribution in [0.3, 0.4) is 0 Å². The number of carbonyl (C=O) groups is 1. The van der Waals surface area contributed by atoms with E-state index < -0.39 is 0 Å². The largest absolute Gasteiger partial charge is 0.441 e. The van der Waals surface area contributed by atoms with Crippen LogP contribution in [0, 0.1) is 5.82 Å². The van der Waals surface area contributed by atoms with Gasteiger partial charge in [-0.25, -0.2) is 9.37 Å². The number of anilines is 1. The standard InChI is InChI=1S/C25H22FN3O2/c26-22-14-8-7-13-21(22)23-17-27-25(31-23)16-15-24(30)28-29(20-11-5-2-6-12-20)18-19-9-3-1-4-10-19/h1-14,17H,15-16,18H2,(H,28,30). The molecule has 31 heavy (non-hydrogen) atoms. The number of aromatic nitrogens is 1. The molecule has 0 aliphatic carbocycles. The number of hydrogen-bond acceptors (Lipinski definition) is 4. The number of hydrogen-bond donors (Lipinski definition) is 1. The lowest BCUT2D eigenvalue weighted by Crippen LogP contribution is -2.42. The van der Waals surface area contributed by atoms with E-state index in [9.17, 15) is 9.18 Å². The number of rotatable bonds is 8. The smallest absolute Gasteiger partial charge is 0.239 e. The average Bonchev–Trinajstić information content (AvgIpc) is 3.28. The van der Waals surface area contributed by atoms with Gasteiger partial charge in [-0.3, -0.25) is 15.2 Å². The third kappa shape index (κ3) is 5.36. The van der Waals surface area contributed by atoms with Crippen molar-refractivity contribution in [3.05, 3.63) is 108 Å². The summed E-state index contributed by atoms with van der Waals surface area (Å²) in [5.41, 5.74) is 5.28. The summed E-state index contributed by atoms with van der Waals surface area (Å²) in [6.45, 7) is 0.535. The van der Waals surface area contributed by atoms with Gasteiger partial charge in [0.2, 0.25) is 5.91 Å². The molecule has 5 nitrogen and oxygen atoms in total. The zero-order valence-corrected chi connectivity index (χ0v) is 16.9. The Bertz CT molecular complexity index is 1130. The van der Waals surface area contributed by atoms with Gasteiger partial charge in [-0.2, -0.15) is 0 Å². The van der Waals surface area contributed by atoms with Gasteiger partial charge >= 0.3 is 0 Å². The molecule has 6 heteroatoms. The summed E-state index contributed by atoms with van der Waals surface area (Å²) in [5.74, 6) is 0.207. The van der Waals surface area contributed by atoms with Crippen molar-refractivity contribution >= 4 is 11.6 Å². The van der Waals surface area contributed by atoms with Crippen molar-refractivity contribution in [2.24, 2.45) is 0 Å². The summed E-state index contributed by atoms with van der Waals surface area (Å²) in [4.78, 5) is 16.8. The van der Waals surface area contributed by atoms with Crippen LogP contribution in [0.2, 0.25) is 0 Å². The topological polar surface area (TPSA) is 58.4 Å². The summed E-state index contributed by atoms with van der Waals surface area (Å²) in [7, 11) is 0. The first-order valence-electron chi connectivity index (χ1n) is 10.0. The molecular formula is C25H22FN3O2. The highest BCUT2D eigenvalue weighted by atomic mass is 19.1. The molecule has 0 bridgehead atoms. The van der Waals surface area contributed by atoms with Gasteiger partial charge in [-0.1, -0.05) is 60.7 Å². The van der Waals surface area contributed by atoms with Crippen molar-refractivity contribution in [1.82, 2.24) is 10.4 Å². The Morgan fingerprint density at radius 2 is 1.61 bits per heavy atom. The third-order valence-corrected chi connectivity index (χ3v) is 4.77. The van der Waals surface area contributed by atoms with E-state index in [2.05, 4.69) is 10.4 Å². The van der Waals surface area contributed by atoms with E-state index in [-0.39, 0.29) is 18.1 Å². The average molecular weight is 415 g/mol. The van der Waals surface area contributed by atoms with Gasteiger partial charge in [0, 0.05) is 12.8 Å². The minimum atomic E-state index is -0.373. The maximum absolute atomic E-state index is 13.9. The van der Waals surface area contributed by atoms with Crippen molar-refractivity contribution in [2.45, 2.75) is 19.4 Å². The Kier molecular flexibility index (Phi) is 6.38. The van der Waals surface area contributed by atoms with Crippen molar-refractivity contribution < 1.29 is 13.6 Å². The molecule has 0 fully saturated rings. The maximum Gasteiger partial charge on any atom is 0.239 e. The molecule has 1 N–H and O–H groups in total. The number of carbonyl (C=O) groups excluding carboxylic acids is 1. The quantitative estimate of drug-likeness (QED) is 0.404. The zero-order chi connectivity index (χ0) is 21.5. The maximum atomic E-state index is 13.9. The minimum Gasteiger partial charge on any atom is -0.441 e.